The van der Waals surface area contributed by atoms with E-state index in [0.717, 1.165) is 23.6 Å². The normalized spacial score (nSPS) is 15.6. The zero-order valence-electron chi connectivity index (χ0n) is 10.4. The van der Waals surface area contributed by atoms with Crippen LogP contribution in [0.15, 0.2) is 24.3 Å². The van der Waals surface area contributed by atoms with Crippen LogP contribution in [0.5, 0.6) is 0 Å². The SMILES string of the molecule is Fc1cccc(CCNC(=S)NC2CCCC2)c1. The second kappa shape index (κ2) is 6.69. The van der Waals surface area contributed by atoms with Gasteiger partial charge in [-0.3, -0.25) is 0 Å². The van der Waals surface area contributed by atoms with Crippen LogP contribution >= 0.6 is 12.2 Å². The standard InChI is InChI=1S/C14H19FN2S/c15-12-5-3-4-11(10-12)8-9-16-14(18)17-13-6-1-2-7-13/h3-5,10,13H,1-2,6-9H2,(H2,16,17,18). The van der Waals surface area contributed by atoms with E-state index in [1.54, 1.807) is 12.1 Å². The minimum Gasteiger partial charge on any atom is -0.362 e. The molecular formula is C14H19FN2S. The molecule has 1 saturated carbocycles. The molecule has 2 rings (SSSR count). The second-order valence-electron chi connectivity index (χ2n) is 4.76. The van der Waals surface area contributed by atoms with Crippen molar-refractivity contribution in [2.24, 2.45) is 0 Å². The molecule has 2 N–H and O–H groups in total. The van der Waals surface area contributed by atoms with E-state index in [1.165, 1.54) is 31.7 Å². The van der Waals surface area contributed by atoms with Crippen LogP contribution in [0.1, 0.15) is 31.2 Å². The maximum atomic E-state index is 13.0. The Morgan fingerprint density at radius 1 is 1.33 bits per heavy atom. The van der Waals surface area contributed by atoms with Crippen LogP contribution < -0.4 is 10.6 Å². The third-order valence-corrected chi connectivity index (χ3v) is 3.54. The first-order valence-electron chi connectivity index (χ1n) is 6.53. The number of halogens is 1. The van der Waals surface area contributed by atoms with Gasteiger partial charge in [0.05, 0.1) is 0 Å². The van der Waals surface area contributed by atoms with Gasteiger partial charge >= 0.3 is 0 Å². The largest absolute Gasteiger partial charge is 0.362 e. The molecule has 98 valence electrons. The van der Waals surface area contributed by atoms with Gasteiger partial charge < -0.3 is 10.6 Å². The number of hydrogen-bond acceptors (Lipinski definition) is 1. The van der Waals surface area contributed by atoms with Gasteiger partial charge in [-0.25, -0.2) is 4.39 Å². The summed E-state index contributed by atoms with van der Waals surface area (Å²) in [6, 6.07) is 7.23. The van der Waals surface area contributed by atoms with E-state index in [2.05, 4.69) is 10.6 Å². The van der Waals surface area contributed by atoms with Crippen LogP contribution in [0.2, 0.25) is 0 Å². The van der Waals surface area contributed by atoms with Gasteiger partial charge in [-0.15, -0.1) is 0 Å². The summed E-state index contributed by atoms with van der Waals surface area (Å²) in [6.07, 6.45) is 5.80. The molecule has 0 aromatic heterocycles. The van der Waals surface area contributed by atoms with E-state index in [-0.39, 0.29) is 5.82 Å². The summed E-state index contributed by atoms with van der Waals surface area (Å²) in [6.45, 7) is 0.738. The summed E-state index contributed by atoms with van der Waals surface area (Å²) in [4.78, 5) is 0. The topological polar surface area (TPSA) is 24.1 Å². The fourth-order valence-corrected chi connectivity index (χ4v) is 2.59. The summed E-state index contributed by atoms with van der Waals surface area (Å²) >= 11 is 5.24. The van der Waals surface area contributed by atoms with E-state index in [9.17, 15) is 4.39 Å². The fraction of sp³-hybridized carbons (Fsp3) is 0.500. The predicted octanol–water partition coefficient (Wildman–Crippen LogP) is 2.77. The maximum Gasteiger partial charge on any atom is 0.166 e. The van der Waals surface area contributed by atoms with Crippen molar-refractivity contribution in [3.63, 3.8) is 0 Å². The highest BCUT2D eigenvalue weighted by molar-refractivity contribution is 7.80. The summed E-state index contributed by atoms with van der Waals surface area (Å²) in [5.41, 5.74) is 0.992. The average Bonchev–Trinajstić information content (AvgIpc) is 2.82. The first kappa shape index (κ1) is 13.3. The lowest BCUT2D eigenvalue weighted by atomic mass is 10.1. The Morgan fingerprint density at radius 3 is 2.83 bits per heavy atom. The van der Waals surface area contributed by atoms with Crippen LogP contribution in [0.3, 0.4) is 0 Å². The average molecular weight is 266 g/mol. The van der Waals surface area contributed by atoms with Crippen molar-refractivity contribution in [1.29, 1.82) is 0 Å². The van der Waals surface area contributed by atoms with Gasteiger partial charge in [-0.05, 0) is 49.2 Å². The molecule has 2 nitrogen and oxygen atoms in total. The van der Waals surface area contributed by atoms with Crippen LogP contribution in [0, 0.1) is 5.82 Å². The lowest BCUT2D eigenvalue weighted by molar-refractivity contribution is 0.619. The van der Waals surface area contributed by atoms with Crippen molar-refractivity contribution in [2.75, 3.05) is 6.54 Å². The van der Waals surface area contributed by atoms with Crippen LogP contribution in [0.4, 0.5) is 4.39 Å². The number of thiocarbonyl (C=S) groups is 1. The first-order chi connectivity index (χ1) is 8.74. The van der Waals surface area contributed by atoms with Crippen LogP contribution in [0.25, 0.3) is 0 Å². The summed E-state index contributed by atoms with van der Waals surface area (Å²) in [5, 5.41) is 7.22. The van der Waals surface area contributed by atoms with Crippen molar-refractivity contribution < 1.29 is 4.39 Å². The minimum atomic E-state index is -0.181. The van der Waals surface area contributed by atoms with E-state index in [1.807, 2.05) is 6.07 Å². The zero-order valence-corrected chi connectivity index (χ0v) is 11.2. The molecule has 1 aliphatic carbocycles. The van der Waals surface area contributed by atoms with Crippen molar-refractivity contribution >= 4 is 17.3 Å². The summed E-state index contributed by atoms with van der Waals surface area (Å²) in [7, 11) is 0. The molecule has 0 unspecified atom stereocenters. The molecule has 0 spiro atoms. The molecule has 0 bridgehead atoms. The Labute approximate surface area is 113 Å². The third kappa shape index (κ3) is 4.26. The molecule has 0 aliphatic heterocycles. The van der Waals surface area contributed by atoms with E-state index in [4.69, 9.17) is 12.2 Å². The highest BCUT2D eigenvalue weighted by Crippen LogP contribution is 2.17. The Kier molecular flexibility index (Phi) is 4.93. The number of rotatable bonds is 4. The van der Waals surface area contributed by atoms with Gasteiger partial charge in [0.15, 0.2) is 5.11 Å². The lowest BCUT2D eigenvalue weighted by Crippen LogP contribution is -2.41. The Bertz CT molecular complexity index is 403. The molecular weight excluding hydrogens is 247 g/mol. The quantitative estimate of drug-likeness (QED) is 0.820. The molecule has 0 heterocycles. The molecule has 1 aromatic carbocycles. The molecule has 0 atom stereocenters. The second-order valence-corrected chi connectivity index (χ2v) is 5.17. The Balaban J connectivity index is 1.66. The van der Waals surface area contributed by atoms with Gasteiger partial charge in [-0.1, -0.05) is 25.0 Å². The number of nitrogens with one attached hydrogen (secondary N) is 2. The van der Waals surface area contributed by atoms with Crippen LogP contribution in [-0.2, 0) is 6.42 Å². The smallest absolute Gasteiger partial charge is 0.166 e. The summed E-state index contributed by atoms with van der Waals surface area (Å²) in [5.74, 6) is -0.181. The number of benzene rings is 1. The van der Waals surface area contributed by atoms with E-state index >= 15 is 0 Å². The summed E-state index contributed by atoms with van der Waals surface area (Å²) < 4.78 is 13.0. The zero-order chi connectivity index (χ0) is 12.8. The lowest BCUT2D eigenvalue weighted by Gasteiger charge is -2.15. The van der Waals surface area contributed by atoms with E-state index in [0.29, 0.717) is 6.04 Å². The van der Waals surface area contributed by atoms with Gasteiger partial charge in [0, 0.05) is 12.6 Å². The van der Waals surface area contributed by atoms with Crippen molar-refractivity contribution in [3.8, 4) is 0 Å². The third-order valence-electron chi connectivity index (χ3n) is 3.28. The molecule has 4 heteroatoms. The van der Waals surface area contributed by atoms with Crippen LogP contribution in [-0.4, -0.2) is 17.7 Å². The fourth-order valence-electron chi connectivity index (χ4n) is 2.32. The number of hydrogen-bond donors (Lipinski definition) is 2. The van der Waals surface area contributed by atoms with Crippen molar-refractivity contribution in [3.05, 3.63) is 35.6 Å². The Morgan fingerprint density at radius 2 is 2.11 bits per heavy atom. The van der Waals surface area contributed by atoms with Gasteiger partial charge in [0.1, 0.15) is 5.82 Å². The molecule has 0 radical (unpaired) electrons. The van der Waals surface area contributed by atoms with Gasteiger partial charge in [-0.2, -0.15) is 0 Å². The first-order valence-corrected chi connectivity index (χ1v) is 6.94. The monoisotopic (exact) mass is 266 g/mol. The van der Waals surface area contributed by atoms with E-state index < -0.39 is 0 Å². The molecule has 1 aliphatic rings. The molecule has 1 fully saturated rings. The van der Waals surface area contributed by atoms with Gasteiger partial charge in [0.25, 0.3) is 0 Å². The highest BCUT2D eigenvalue weighted by Gasteiger charge is 2.14. The molecule has 18 heavy (non-hydrogen) atoms. The maximum absolute atomic E-state index is 13.0. The molecule has 0 amide bonds. The predicted molar refractivity (Wildman–Crippen MR) is 76.1 cm³/mol. The highest BCUT2D eigenvalue weighted by atomic mass is 32.1. The molecule has 0 saturated heterocycles. The van der Waals surface area contributed by atoms with Gasteiger partial charge in [0.2, 0.25) is 0 Å². The van der Waals surface area contributed by atoms with Crippen molar-refractivity contribution in [1.82, 2.24) is 10.6 Å². The van der Waals surface area contributed by atoms with Crippen molar-refractivity contribution in [2.45, 2.75) is 38.1 Å². The minimum absolute atomic E-state index is 0.181. The molecule has 1 aromatic rings. The Hall–Kier alpha value is -1.16.